The zero-order chi connectivity index (χ0) is 63.1. The fourth-order valence-electron chi connectivity index (χ4n) is 7.94. The third-order valence-electron chi connectivity index (χ3n) is 12.6. The first-order valence-corrected chi connectivity index (χ1v) is 28.7. The summed E-state index contributed by atoms with van der Waals surface area (Å²) >= 11 is 1.31. The summed E-state index contributed by atoms with van der Waals surface area (Å²) in [5, 5.41) is 71.4. The normalized spacial score (nSPS) is 15.7. The van der Waals surface area contributed by atoms with Crippen molar-refractivity contribution < 1.29 is 78.0 Å². The first kappa shape index (κ1) is 75.1. The van der Waals surface area contributed by atoms with Crippen molar-refractivity contribution in [2.75, 3.05) is 25.2 Å². The van der Waals surface area contributed by atoms with E-state index in [0.717, 1.165) is 6.92 Å². The van der Waals surface area contributed by atoms with Gasteiger partial charge in [-0.3, -0.25) is 58.1 Å². The van der Waals surface area contributed by atoms with Crippen molar-refractivity contribution in [3.8, 4) is 0 Å². The number of carboxylic acids is 2. The first-order chi connectivity index (χ1) is 38.2. The highest BCUT2D eigenvalue weighted by atomic mass is 32.2. The Kier molecular flexibility index (Phi) is 35.5. The molecule has 0 aliphatic heterocycles. The van der Waals surface area contributed by atoms with E-state index in [-0.39, 0.29) is 81.0 Å². The van der Waals surface area contributed by atoms with Gasteiger partial charge in [-0.05, 0) is 87.5 Å². The molecule has 0 aromatic rings. The lowest BCUT2D eigenvalue weighted by Gasteiger charge is -2.30. The number of aliphatic hydroxyl groups is 2. The standard InChI is InChI=1S/C51H92N14O16S/c1-11-27(8)39(64-46(76)35(21-26(6)7)62-49(79)40(28(9)67)65-47(77)36(23-66)63-41(71)29(52)22-38(69)70)48(78)58-31(16-18-82-10)43(73)57-30(14-15-37(53)68)42(72)60-34(20-25(4)5)45(75)61-33(19-24(2)3)44(74)59-32(50(80)81)13-12-17-56-51(54)55/h24-36,39-40,66-67H,11-23,52H2,1-10H3,(H2,53,68)(H,57,73)(H,58,78)(H,59,74)(H,60,72)(H,61,75)(H,62,79)(H,63,71)(H,64,76)(H,65,77)(H,69,70)(H,80,81)(H4,54,55,56)/t27-,28+,29-,30-,31-,32-,33-,34-,35-,36-,39-,40-/m0/s1. The summed E-state index contributed by atoms with van der Waals surface area (Å²) in [7, 11) is 0. The van der Waals surface area contributed by atoms with E-state index in [1.807, 2.05) is 0 Å². The zero-order valence-electron chi connectivity index (χ0n) is 48.7. The van der Waals surface area contributed by atoms with Crippen LogP contribution in [0.2, 0.25) is 0 Å². The molecule has 468 valence electrons. The van der Waals surface area contributed by atoms with Crippen molar-refractivity contribution in [1.82, 2.24) is 53.2 Å². The third kappa shape index (κ3) is 29.7. The average molecular weight is 1190 g/mol. The van der Waals surface area contributed by atoms with Crippen molar-refractivity contribution in [1.29, 1.82) is 5.41 Å². The second-order valence-corrected chi connectivity index (χ2v) is 22.4. The molecule has 0 aromatic heterocycles. The molecule has 0 heterocycles. The number of amides is 10. The number of rotatable bonds is 41. The summed E-state index contributed by atoms with van der Waals surface area (Å²) in [6.07, 6.45) is -0.976. The van der Waals surface area contributed by atoms with Crippen molar-refractivity contribution in [3.05, 3.63) is 0 Å². The quantitative estimate of drug-likeness (QED) is 0.0158. The lowest BCUT2D eigenvalue weighted by Crippen LogP contribution is -2.62. The maximum Gasteiger partial charge on any atom is 0.326 e. The van der Waals surface area contributed by atoms with E-state index in [0.29, 0.717) is 6.42 Å². The molecule has 0 bridgehead atoms. The van der Waals surface area contributed by atoms with Crippen LogP contribution in [-0.2, 0) is 57.5 Å². The van der Waals surface area contributed by atoms with Gasteiger partial charge in [0, 0.05) is 13.0 Å². The smallest absolute Gasteiger partial charge is 0.326 e. The fraction of sp³-hybridized carbons (Fsp3) is 0.745. The molecule has 0 rings (SSSR count). The maximum atomic E-state index is 14.3. The Balaban J connectivity index is 6.76. The van der Waals surface area contributed by atoms with Crippen LogP contribution in [-0.4, -0.2) is 189 Å². The minimum Gasteiger partial charge on any atom is -0.481 e. The number of hydrogen-bond acceptors (Lipinski definition) is 17. The van der Waals surface area contributed by atoms with E-state index in [9.17, 15) is 72.9 Å². The van der Waals surface area contributed by atoms with Crippen LogP contribution in [0.5, 0.6) is 0 Å². The van der Waals surface area contributed by atoms with Crippen LogP contribution >= 0.6 is 11.8 Å². The van der Waals surface area contributed by atoms with Gasteiger partial charge in [0.05, 0.1) is 25.2 Å². The van der Waals surface area contributed by atoms with E-state index in [1.165, 1.54) is 11.8 Å². The van der Waals surface area contributed by atoms with Crippen LogP contribution < -0.4 is 70.4 Å². The lowest BCUT2D eigenvalue weighted by molar-refractivity contribution is -0.142. The summed E-state index contributed by atoms with van der Waals surface area (Å²) in [6, 6.07) is -14.8. The number of thioether (sulfide) groups is 1. The third-order valence-corrected chi connectivity index (χ3v) is 13.2. The molecular weight excluding hydrogens is 1100 g/mol. The Bertz CT molecular complexity index is 2170. The number of primary amides is 1. The molecule has 82 heavy (non-hydrogen) atoms. The number of nitrogens with one attached hydrogen (secondary N) is 11. The molecule has 0 saturated carbocycles. The van der Waals surface area contributed by atoms with Crippen LogP contribution in [0.25, 0.3) is 0 Å². The monoisotopic (exact) mass is 1190 g/mol. The highest BCUT2D eigenvalue weighted by Crippen LogP contribution is 2.15. The molecule has 0 radical (unpaired) electrons. The van der Waals surface area contributed by atoms with Crippen LogP contribution in [0.3, 0.4) is 0 Å². The van der Waals surface area contributed by atoms with E-state index >= 15 is 0 Å². The molecule has 31 heteroatoms. The minimum absolute atomic E-state index is 0.0141. The summed E-state index contributed by atoms with van der Waals surface area (Å²) in [6.45, 7) is 14.1. The predicted octanol–water partition coefficient (Wildman–Crippen LogP) is -3.92. The molecule has 0 aliphatic carbocycles. The van der Waals surface area contributed by atoms with Crippen molar-refractivity contribution in [3.63, 3.8) is 0 Å². The minimum atomic E-state index is -1.79. The molecule has 12 atom stereocenters. The molecule has 0 aromatic carbocycles. The average Bonchev–Trinajstić information content (AvgIpc) is 3.37. The van der Waals surface area contributed by atoms with Crippen LogP contribution in [0.1, 0.15) is 127 Å². The zero-order valence-corrected chi connectivity index (χ0v) is 49.5. The van der Waals surface area contributed by atoms with Crippen molar-refractivity contribution in [2.24, 2.45) is 40.9 Å². The van der Waals surface area contributed by atoms with Gasteiger partial charge in [-0.15, -0.1) is 0 Å². The summed E-state index contributed by atoms with van der Waals surface area (Å²) in [5.41, 5.74) is 16.3. The number of aliphatic carboxylic acids is 2. The van der Waals surface area contributed by atoms with Crippen molar-refractivity contribution >= 4 is 88.7 Å². The van der Waals surface area contributed by atoms with E-state index in [1.54, 1.807) is 61.6 Å². The molecular formula is C51H92N14O16S. The number of hydrogen-bond donors (Lipinski definition) is 18. The molecule has 0 spiro atoms. The molecule has 21 N–H and O–H groups in total. The fourth-order valence-corrected chi connectivity index (χ4v) is 8.41. The van der Waals surface area contributed by atoms with Gasteiger partial charge >= 0.3 is 11.9 Å². The highest BCUT2D eigenvalue weighted by molar-refractivity contribution is 7.98. The largest absolute Gasteiger partial charge is 0.481 e. The van der Waals surface area contributed by atoms with Gasteiger partial charge in [-0.1, -0.05) is 61.8 Å². The Morgan fingerprint density at radius 2 is 0.915 bits per heavy atom. The van der Waals surface area contributed by atoms with E-state index in [4.69, 9.17) is 27.7 Å². The van der Waals surface area contributed by atoms with E-state index in [2.05, 4.69) is 53.2 Å². The van der Waals surface area contributed by atoms with Crippen LogP contribution in [0, 0.1) is 29.1 Å². The Morgan fingerprint density at radius 1 is 0.524 bits per heavy atom. The summed E-state index contributed by atoms with van der Waals surface area (Å²) in [5.74, 6) is -13.5. The van der Waals surface area contributed by atoms with Crippen LogP contribution in [0.15, 0.2) is 0 Å². The Hall–Kier alpha value is -6.86. The second-order valence-electron chi connectivity index (χ2n) is 21.4. The van der Waals surface area contributed by atoms with Gasteiger partial charge in [0.2, 0.25) is 59.1 Å². The first-order valence-electron chi connectivity index (χ1n) is 27.3. The molecule has 0 saturated heterocycles. The SMILES string of the molecule is CC[C@H](C)[C@H](NC(=O)[C@H](CC(C)C)NC(=O)[C@@H](NC(=O)[C@H](CO)NC(=O)[C@@H](N)CC(=O)O)[C@@H](C)O)C(=O)N[C@@H](CCSC)C(=O)N[C@@H](CCC(N)=O)C(=O)N[C@@H](CC(C)C)C(=O)N[C@@H](CC(C)C)C(=O)N[C@@H](CCCNC(=N)N)C(=O)O. The topological polar surface area (TPSA) is 508 Å². The Labute approximate surface area is 482 Å². The molecule has 30 nitrogen and oxygen atoms in total. The van der Waals surface area contributed by atoms with Gasteiger partial charge in [-0.25, -0.2) is 4.79 Å². The maximum absolute atomic E-state index is 14.3. The number of carboxylic acid groups (broad SMARTS) is 2. The molecule has 0 unspecified atom stereocenters. The number of carbonyl (C=O) groups excluding carboxylic acids is 10. The Morgan fingerprint density at radius 3 is 1.33 bits per heavy atom. The summed E-state index contributed by atoms with van der Waals surface area (Å²) < 4.78 is 0. The highest BCUT2D eigenvalue weighted by Gasteiger charge is 2.38. The molecule has 10 amide bonds. The van der Waals surface area contributed by atoms with Gasteiger partial charge in [0.1, 0.15) is 54.4 Å². The molecule has 0 aliphatic rings. The van der Waals surface area contributed by atoms with Gasteiger partial charge in [-0.2, -0.15) is 11.8 Å². The summed E-state index contributed by atoms with van der Waals surface area (Å²) in [4.78, 5) is 159. The molecule has 0 fully saturated rings. The second kappa shape index (κ2) is 38.8. The lowest BCUT2D eigenvalue weighted by atomic mass is 9.96. The van der Waals surface area contributed by atoms with Gasteiger partial charge in [0.15, 0.2) is 5.96 Å². The van der Waals surface area contributed by atoms with Gasteiger partial charge in [0.25, 0.3) is 0 Å². The number of nitrogens with two attached hydrogens (primary N) is 3. The number of guanidine groups is 1. The van der Waals surface area contributed by atoms with E-state index < -0.39 is 163 Å². The number of aliphatic hydroxyl groups excluding tert-OH is 2. The van der Waals surface area contributed by atoms with Gasteiger partial charge < -0.3 is 90.8 Å². The number of carbonyl (C=O) groups is 12. The van der Waals surface area contributed by atoms with Crippen LogP contribution in [0.4, 0.5) is 0 Å². The predicted molar refractivity (Wildman–Crippen MR) is 302 cm³/mol. The van der Waals surface area contributed by atoms with Crippen molar-refractivity contribution in [2.45, 2.75) is 193 Å².